The molecule has 0 unspecified atom stereocenters. The van der Waals surface area contributed by atoms with Crippen molar-refractivity contribution in [2.24, 2.45) is 10.8 Å². The molecule has 0 aromatic heterocycles. The van der Waals surface area contributed by atoms with Crippen molar-refractivity contribution < 1.29 is 5.11 Å². The minimum atomic E-state index is -0.0667. The normalized spacial score (nSPS) is 13.9. The van der Waals surface area contributed by atoms with Gasteiger partial charge in [-0.2, -0.15) is 0 Å². The number of hydrogen-bond acceptors (Lipinski definition) is 1. The third kappa shape index (κ3) is 6.26. The highest BCUT2D eigenvalue weighted by molar-refractivity contribution is 5.55. The number of benzene rings is 1. The molecule has 0 atom stereocenters. The van der Waals surface area contributed by atoms with E-state index in [1.54, 1.807) is 0 Å². The Morgan fingerprint density at radius 2 is 1.22 bits per heavy atom. The van der Waals surface area contributed by atoms with E-state index in [4.69, 9.17) is 0 Å². The maximum atomic E-state index is 11.5. The molecule has 156 valence electrons. The molecule has 0 amide bonds. The molecule has 0 bridgehead atoms. The second-order valence-electron chi connectivity index (χ2n) is 12.4. The van der Waals surface area contributed by atoms with Crippen LogP contribution >= 0.6 is 0 Å². The molecule has 0 radical (unpaired) electrons. The van der Waals surface area contributed by atoms with Crippen LogP contribution in [0.4, 0.5) is 0 Å². The van der Waals surface area contributed by atoms with E-state index < -0.39 is 0 Å². The zero-order chi connectivity index (χ0) is 21.4. The van der Waals surface area contributed by atoms with Gasteiger partial charge in [-0.1, -0.05) is 88.6 Å². The van der Waals surface area contributed by atoms with Gasteiger partial charge in [0, 0.05) is 11.1 Å². The predicted molar refractivity (Wildman–Crippen MR) is 121 cm³/mol. The third-order valence-electron chi connectivity index (χ3n) is 5.54. The van der Waals surface area contributed by atoms with Crippen LogP contribution < -0.4 is 0 Å². The molecule has 0 saturated carbocycles. The van der Waals surface area contributed by atoms with Crippen molar-refractivity contribution >= 4 is 0 Å². The first-order valence-electron chi connectivity index (χ1n) is 10.8. The molecule has 0 aliphatic heterocycles. The lowest BCUT2D eigenvalue weighted by Crippen LogP contribution is -2.29. The summed E-state index contributed by atoms with van der Waals surface area (Å²) in [6.45, 7) is 27.4. The van der Waals surface area contributed by atoms with Gasteiger partial charge in [0.15, 0.2) is 0 Å². The SMILES string of the molecule is CCCc1cc(C(C)(C)CC(C)(C)C)c(O)c(C(C)(C)CC(C)(C)C)c1C. The van der Waals surface area contributed by atoms with Gasteiger partial charge in [-0.05, 0) is 59.0 Å². The zero-order valence-electron chi connectivity index (χ0n) is 20.4. The molecule has 1 aromatic carbocycles. The van der Waals surface area contributed by atoms with Crippen LogP contribution in [0.2, 0.25) is 0 Å². The number of aromatic hydroxyl groups is 1. The van der Waals surface area contributed by atoms with Gasteiger partial charge in [0.05, 0.1) is 0 Å². The number of aryl methyl sites for hydroxylation is 1. The Bertz CT molecular complexity index is 648. The van der Waals surface area contributed by atoms with Gasteiger partial charge >= 0.3 is 0 Å². The zero-order valence-corrected chi connectivity index (χ0v) is 20.4. The molecule has 0 aliphatic rings. The monoisotopic (exact) mass is 374 g/mol. The van der Waals surface area contributed by atoms with Crippen molar-refractivity contribution in [2.45, 2.75) is 120 Å². The second-order valence-corrected chi connectivity index (χ2v) is 12.4. The number of rotatable bonds is 6. The summed E-state index contributed by atoms with van der Waals surface area (Å²) in [4.78, 5) is 0. The van der Waals surface area contributed by atoms with Crippen molar-refractivity contribution in [2.75, 3.05) is 0 Å². The quantitative estimate of drug-likeness (QED) is 0.533. The first-order chi connectivity index (χ1) is 11.9. The van der Waals surface area contributed by atoms with Crippen LogP contribution in [-0.4, -0.2) is 5.11 Å². The van der Waals surface area contributed by atoms with Crippen LogP contribution in [0.1, 0.15) is 118 Å². The van der Waals surface area contributed by atoms with Crippen molar-refractivity contribution in [1.29, 1.82) is 0 Å². The molecule has 27 heavy (non-hydrogen) atoms. The van der Waals surface area contributed by atoms with Gasteiger partial charge in [0.25, 0.3) is 0 Å². The standard InChI is InChI=1S/C26H46O/c1-13-14-19-15-20(25(9,10)16-23(3,4)5)22(27)21(18(19)2)26(11,12)17-24(6,7)8/h15,27H,13-14,16-17H2,1-12H3. The highest BCUT2D eigenvalue weighted by Gasteiger charge is 2.36. The largest absolute Gasteiger partial charge is 0.507 e. The van der Waals surface area contributed by atoms with Crippen molar-refractivity contribution in [3.63, 3.8) is 0 Å². The average Bonchev–Trinajstić information content (AvgIpc) is 2.35. The van der Waals surface area contributed by atoms with Crippen molar-refractivity contribution in [1.82, 2.24) is 0 Å². The van der Waals surface area contributed by atoms with Crippen LogP contribution in [0.3, 0.4) is 0 Å². The van der Waals surface area contributed by atoms with E-state index in [0.29, 0.717) is 5.75 Å². The maximum Gasteiger partial charge on any atom is 0.123 e. The van der Waals surface area contributed by atoms with Gasteiger partial charge in [-0.25, -0.2) is 0 Å². The molecule has 1 heteroatoms. The lowest BCUT2D eigenvalue weighted by Gasteiger charge is -2.39. The van der Waals surface area contributed by atoms with E-state index in [9.17, 15) is 5.11 Å². The number of hydrogen-bond donors (Lipinski definition) is 1. The van der Waals surface area contributed by atoms with Gasteiger partial charge in [0.2, 0.25) is 0 Å². The molecule has 0 spiro atoms. The van der Waals surface area contributed by atoms with Crippen LogP contribution in [0, 0.1) is 17.8 Å². The van der Waals surface area contributed by atoms with E-state index in [2.05, 4.69) is 89.2 Å². The molecule has 0 saturated heterocycles. The lowest BCUT2D eigenvalue weighted by atomic mass is 9.66. The summed E-state index contributed by atoms with van der Waals surface area (Å²) in [5, 5.41) is 11.5. The Hall–Kier alpha value is -0.980. The van der Waals surface area contributed by atoms with Crippen LogP contribution in [0.25, 0.3) is 0 Å². The summed E-state index contributed by atoms with van der Waals surface area (Å²) in [5.41, 5.74) is 5.29. The Labute approximate surface area is 170 Å². The van der Waals surface area contributed by atoms with E-state index >= 15 is 0 Å². The van der Waals surface area contributed by atoms with Gasteiger partial charge in [-0.15, -0.1) is 0 Å². The van der Waals surface area contributed by atoms with Gasteiger partial charge in [0.1, 0.15) is 5.75 Å². The van der Waals surface area contributed by atoms with E-state index in [-0.39, 0.29) is 21.7 Å². The fourth-order valence-electron chi connectivity index (χ4n) is 5.53. The van der Waals surface area contributed by atoms with E-state index in [1.807, 2.05) is 0 Å². The smallest absolute Gasteiger partial charge is 0.123 e. The van der Waals surface area contributed by atoms with Gasteiger partial charge < -0.3 is 5.11 Å². The van der Waals surface area contributed by atoms with Gasteiger partial charge in [-0.3, -0.25) is 0 Å². The number of phenols is 1. The van der Waals surface area contributed by atoms with E-state index in [0.717, 1.165) is 31.2 Å². The van der Waals surface area contributed by atoms with E-state index in [1.165, 1.54) is 16.7 Å². The summed E-state index contributed by atoms with van der Waals surface area (Å²) >= 11 is 0. The maximum absolute atomic E-state index is 11.5. The Kier molecular flexibility index (Phi) is 6.95. The predicted octanol–water partition coefficient (Wildman–Crippen LogP) is 8.08. The summed E-state index contributed by atoms with van der Waals surface area (Å²) in [7, 11) is 0. The topological polar surface area (TPSA) is 20.2 Å². The first-order valence-corrected chi connectivity index (χ1v) is 10.8. The second kappa shape index (κ2) is 7.80. The lowest BCUT2D eigenvalue weighted by molar-refractivity contribution is 0.267. The summed E-state index contributed by atoms with van der Waals surface area (Å²) < 4.78 is 0. The molecular weight excluding hydrogens is 328 g/mol. The summed E-state index contributed by atoms with van der Waals surface area (Å²) in [5.74, 6) is 0.538. The molecule has 0 fully saturated rings. The van der Waals surface area contributed by atoms with Crippen molar-refractivity contribution in [3.8, 4) is 5.75 Å². The minimum Gasteiger partial charge on any atom is -0.507 e. The summed E-state index contributed by atoms with van der Waals surface area (Å²) in [6, 6.07) is 2.30. The molecule has 0 heterocycles. The van der Waals surface area contributed by atoms with Crippen LogP contribution in [0.5, 0.6) is 5.75 Å². The highest BCUT2D eigenvalue weighted by atomic mass is 16.3. The Morgan fingerprint density at radius 1 is 0.778 bits per heavy atom. The molecule has 1 N–H and O–H groups in total. The van der Waals surface area contributed by atoms with Crippen molar-refractivity contribution in [3.05, 3.63) is 28.3 Å². The highest BCUT2D eigenvalue weighted by Crippen LogP contribution is 2.48. The average molecular weight is 375 g/mol. The minimum absolute atomic E-state index is 0.0644. The molecular formula is C26H46O. The molecule has 0 aliphatic carbocycles. The fourth-order valence-corrected chi connectivity index (χ4v) is 5.53. The first kappa shape index (κ1) is 24.1. The Balaban J connectivity index is 3.72. The third-order valence-corrected chi connectivity index (χ3v) is 5.54. The molecule has 1 aromatic rings. The molecule has 1 rings (SSSR count). The van der Waals surface area contributed by atoms with Crippen LogP contribution in [-0.2, 0) is 17.3 Å². The van der Waals surface area contributed by atoms with Crippen LogP contribution in [0.15, 0.2) is 6.07 Å². The summed E-state index contributed by atoms with van der Waals surface area (Å²) in [6.07, 6.45) is 4.29. The number of phenolic OH excluding ortho intramolecular Hbond substituents is 1. The molecule has 1 nitrogen and oxygen atoms in total. The fraction of sp³-hybridized carbons (Fsp3) is 0.769. The Morgan fingerprint density at radius 3 is 1.63 bits per heavy atom.